The Bertz CT molecular complexity index is 843. The molecule has 1 fully saturated rings. The zero-order chi connectivity index (χ0) is 20.9. The summed E-state index contributed by atoms with van der Waals surface area (Å²) in [5, 5.41) is 2.86. The molecule has 1 aromatic heterocycles. The molecule has 0 unspecified atom stereocenters. The van der Waals surface area contributed by atoms with E-state index in [1.807, 2.05) is 17.0 Å². The SMILES string of the molecule is CNC(=O)C1(Cc2cccc(-c3cncnc3)c2)CCN(C(=O)CC(C)C)CC1. The Labute approximate surface area is 172 Å². The highest BCUT2D eigenvalue weighted by Gasteiger charge is 2.41. The number of carbonyl (C=O) groups is 2. The van der Waals surface area contributed by atoms with Gasteiger partial charge in [-0.2, -0.15) is 0 Å². The average molecular weight is 395 g/mol. The van der Waals surface area contributed by atoms with Gasteiger partial charge in [-0.05, 0) is 36.3 Å². The van der Waals surface area contributed by atoms with Crippen LogP contribution in [0.3, 0.4) is 0 Å². The first-order chi connectivity index (χ1) is 13.9. The van der Waals surface area contributed by atoms with Crippen molar-refractivity contribution in [1.82, 2.24) is 20.2 Å². The topological polar surface area (TPSA) is 75.2 Å². The molecule has 29 heavy (non-hydrogen) atoms. The number of rotatable bonds is 6. The smallest absolute Gasteiger partial charge is 0.226 e. The van der Waals surface area contributed by atoms with E-state index in [9.17, 15) is 9.59 Å². The second-order valence-electron chi connectivity index (χ2n) is 8.34. The fraction of sp³-hybridized carbons (Fsp3) is 0.478. The second kappa shape index (κ2) is 9.16. The number of hydrogen-bond acceptors (Lipinski definition) is 4. The lowest BCUT2D eigenvalue weighted by Gasteiger charge is -2.41. The van der Waals surface area contributed by atoms with Crippen molar-refractivity contribution in [3.05, 3.63) is 48.5 Å². The fourth-order valence-electron chi connectivity index (χ4n) is 4.11. The van der Waals surface area contributed by atoms with Crippen molar-refractivity contribution < 1.29 is 9.59 Å². The average Bonchev–Trinajstić information content (AvgIpc) is 2.74. The molecular weight excluding hydrogens is 364 g/mol. The predicted molar refractivity (Wildman–Crippen MR) is 113 cm³/mol. The Hall–Kier alpha value is -2.76. The number of nitrogens with zero attached hydrogens (tertiary/aromatic N) is 3. The van der Waals surface area contributed by atoms with Crippen LogP contribution in [-0.4, -0.2) is 46.8 Å². The van der Waals surface area contributed by atoms with Crippen LogP contribution in [0.1, 0.15) is 38.7 Å². The Kier molecular flexibility index (Phi) is 6.62. The summed E-state index contributed by atoms with van der Waals surface area (Å²) in [6.07, 6.45) is 7.67. The number of hydrogen-bond donors (Lipinski definition) is 1. The molecule has 2 aromatic rings. The van der Waals surface area contributed by atoms with E-state index in [0.717, 1.165) is 16.7 Å². The van der Waals surface area contributed by atoms with Gasteiger partial charge in [0.05, 0.1) is 5.41 Å². The lowest BCUT2D eigenvalue weighted by Crippen LogP contribution is -2.50. The summed E-state index contributed by atoms with van der Waals surface area (Å²) in [4.78, 5) is 35.4. The van der Waals surface area contributed by atoms with Crippen LogP contribution in [0, 0.1) is 11.3 Å². The van der Waals surface area contributed by atoms with Crippen LogP contribution < -0.4 is 5.32 Å². The minimum atomic E-state index is -0.491. The summed E-state index contributed by atoms with van der Waals surface area (Å²) in [7, 11) is 1.69. The molecule has 2 amide bonds. The molecule has 1 aliphatic rings. The maximum absolute atomic E-state index is 12.9. The van der Waals surface area contributed by atoms with Gasteiger partial charge in [0.1, 0.15) is 6.33 Å². The molecule has 0 radical (unpaired) electrons. The highest BCUT2D eigenvalue weighted by atomic mass is 16.2. The van der Waals surface area contributed by atoms with Gasteiger partial charge in [0.2, 0.25) is 11.8 Å². The van der Waals surface area contributed by atoms with E-state index in [0.29, 0.717) is 44.7 Å². The van der Waals surface area contributed by atoms with E-state index in [1.54, 1.807) is 19.4 Å². The summed E-state index contributed by atoms with van der Waals surface area (Å²) < 4.78 is 0. The maximum Gasteiger partial charge on any atom is 0.226 e. The Morgan fingerprint density at radius 3 is 2.45 bits per heavy atom. The molecule has 6 heteroatoms. The van der Waals surface area contributed by atoms with Crippen molar-refractivity contribution in [2.75, 3.05) is 20.1 Å². The van der Waals surface area contributed by atoms with Gasteiger partial charge in [0, 0.05) is 44.5 Å². The minimum Gasteiger partial charge on any atom is -0.359 e. The van der Waals surface area contributed by atoms with Crippen molar-refractivity contribution in [3.63, 3.8) is 0 Å². The molecule has 0 spiro atoms. The normalized spacial score (nSPS) is 15.9. The van der Waals surface area contributed by atoms with Gasteiger partial charge in [-0.25, -0.2) is 9.97 Å². The van der Waals surface area contributed by atoms with E-state index in [1.165, 1.54) is 6.33 Å². The second-order valence-corrected chi connectivity index (χ2v) is 8.34. The van der Waals surface area contributed by atoms with Crippen LogP contribution in [0.25, 0.3) is 11.1 Å². The molecule has 1 aromatic carbocycles. The summed E-state index contributed by atoms with van der Waals surface area (Å²) in [6.45, 7) is 5.37. The Morgan fingerprint density at radius 2 is 1.83 bits per heavy atom. The van der Waals surface area contributed by atoms with Crippen LogP contribution >= 0.6 is 0 Å². The molecule has 0 atom stereocenters. The first-order valence-electron chi connectivity index (χ1n) is 10.3. The van der Waals surface area contributed by atoms with Crippen LogP contribution in [-0.2, 0) is 16.0 Å². The van der Waals surface area contributed by atoms with Crippen LogP contribution in [0.4, 0.5) is 0 Å². The van der Waals surface area contributed by atoms with E-state index in [4.69, 9.17) is 0 Å². The van der Waals surface area contributed by atoms with Crippen LogP contribution in [0.2, 0.25) is 0 Å². The molecule has 3 rings (SSSR count). The number of piperidine rings is 1. The van der Waals surface area contributed by atoms with Gasteiger partial charge < -0.3 is 10.2 Å². The molecule has 1 saturated heterocycles. The number of benzene rings is 1. The molecule has 6 nitrogen and oxygen atoms in total. The molecule has 1 aliphatic heterocycles. The largest absolute Gasteiger partial charge is 0.359 e. The first-order valence-corrected chi connectivity index (χ1v) is 10.3. The standard InChI is InChI=1S/C23H30N4O2/c1-17(2)11-21(28)27-9-7-23(8-10-27,22(29)24-3)13-18-5-4-6-19(12-18)20-14-25-16-26-15-20/h4-6,12,14-17H,7-11,13H2,1-3H3,(H,24,29). The number of amides is 2. The molecule has 1 N–H and O–H groups in total. The summed E-state index contributed by atoms with van der Waals surface area (Å²) in [5.41, 5.74) is 2.61. The third-order valence-electron chi connectivity index (χ3n) is 5.73. The van der Waals surface area contributed by atoms with Gasteiger partial charge in [0.15, 0.2) is 0 Å². The van der Waals surface area contributed by atoms with E-state index < -0.39 is 5.41 Å². The Balaban J connectivity index is 1.77. The van der Waals surface area contributed by atoms with E-state index >= 15 is 0 Å². The summed E-state index contributed by atoms with van der Waals surface area (Å²) >= 11 is 0. The quantitative estimate of drug-likeness (QED) is 0.817. The van der Waals surface area contributed by atoms with Crippen molar-refractivity contribution >= 4 is 11.8 Å². The van der Waals surface area contributed by atoms with Crippen molar-refractivity contribution in [2.24, 2.45) is 11.3 Å². The zero-order valence-corrected chi connectivity index (χ0v) is 17.5. The van der Waals surface area contributed by atoms with Gasteiger partial charge >= 0.3 is 0 Å². The zero-order valence-electron chi connectivity index (χ0n) is 17.5. The third kappa shape index (κ3) is 5.00. The Morgan fingerprint density at radius 1 is 1.14 bits per heavy atom. The molecular formula is C23H30N4O2. The number of aromatic nitrogens is 2. The van der Waals surface area contributed by atoms with E-state index in [2.05, 4.69) is 41.3 Å². The summed E-state index contributed by atoms with van der Waals surface area (Å²) in [6, 6.07) is 8.21. The van der Waals surface area contributed by atoms with Crippen LogP contribution in [0.15, 0.2) is 43.0 Å². The van der Waals surface area contributed by atoms with Gasteiger partial charge in [-0.1, -0.05) is 38.1 Å². The maximum atomic E-state index is 12.9. The van der Waals surface area contributed by atoms with Gasteiger partial charge in [-0.15, -0.1) is 0 Å². The number of nitrogens with one attached hydrogen (secondary N) is 1. The lowest BCUT2D eigenvalue weighted by molar-refractivity contribution is -0.140. The highest BCUT2D eigenvalue weighted by Crippen LogP contribution is 2.36. The van der Waals surface area contributed by atoms with Crippen LogP contribution in [0.5, 0.6) is 0 Å². The van der Waals surface area contributed by atoms with E-state index in [-0.39, 0.29) is 11.8 Å². The molecule has 0 bridgehead atoms. The predicted octanol–water partition coefficient (Wildman–Crippen LogP) is 3.09. The number of likely N-dealkylation sites (tertiary alicyclic amines) is 1. The number of carbonyl (C=O) groups excluding carboxylic acids is 2. The fourth-order valence-corrected chi connectivity index (χ4v) is 4.11. The molecule has 2 heterocycles. The van der Waals surface area contributed by atoms with Crippen molar-refractivity contribution in [1.29, 1.82) is 0 Å². The molecule has 0 saturated carbocycles. The van der Waals surface area contributed by atoms with Gasteiger partial charge in [-0.3, -0.25) is 9.59 Å². The van der Waals surface area contributed by atoms with Gasteiger partial charge in [0.25, 0.3) is 0 Å². The minimum absolute atomic E-state index is 0.0573. The lowest BCUT2D eigenvalue weighted by atomic mass is 9.72. The molecule has 154 valence electrons. The van der Waals surface area contributed by atoms with Crippen molar-refractivity contribution in [2.45, 2.75) is 39.5 Å². The van der Waals surface area contributed by atoms with Crippen molar-refractivity contribution in [3.8, 4) is 11.1 Å². The molecule has 0 aliphatic carbocycles. The first kappa shape index (κ1) is 21.0. The highest BCUT2D eigenvalue weighted by molar-refractivity contribution is 5.83. The third-order valence-corrected chi connectivity index (χ3v) is 5.73. The monoisotopic (exact) mass is 394 g/mol. The summed E-state index contributed by atoms with van der Waals surface area (Å²) in [5.74, 6) is 0.594.